The number of rotatable bonds is 4. The monoisotopic (exact) mass is 280 g/mol. The van der Waals surface area contributed by atoms with Crippen molar-refractivity contribution in [2.45, 2.75) is 45.5 Å². The van der Waals surface area contributed by atoms with Crippen molar-refractivity contribution in [1.82, 2.24) is 14.9 Å². The van der Waals surface area contributed by atoms with E-state index in [2.05, 4.69) is 52.7 Å². The molecule has 0 spiro atoms. The highest BCUT2D eigenvalue weighted by Gasteiger charge is 2.25. The molecule has 5 heteroatoms. The predicted octanol–water partition coefficient (Wildman–Crippen LogP) is 2.54. The molecule has 2 unspecified atom stereocenters. The van der Waals surface area contributed by atoms with Gasteiger partial charge in [-0.15, -0.1) is 0 Å². The summed E-state index contributed by atoms with van der Waals surface area (Å²) >= 11 is 2.06. The molecule has 4 nitrogen and oxygen atoms in total. The maximum atomic E-state index is 4.61. The van der Waals surface area contributed by atoms with Crippen LogP contribution < -0.4 is 5.32 Å². The molecule has 2 heterocycles. The first kappa shape index (κ1) is 14.6. The lowest BCUT2D eigenvalue weighted by Crippen LogP contribution is -2.44. The molecule has 1 N–H and O–H groups in total. The molecule has 0 aromatic carbocycles. The minimum atomic E-state index is 0.588. The summed E-state index contributed by atoms with van der Waals surface area (Å²) in [5.41, 5.74) is 1.04. The molecule has 19 heavy (non-hydrogen) atoms. The minimum absolute atomic E-state index is 0.588. The van der Waals surface area contributed by atoms with Crippen LogP contribution in [0, 0.1) is 6.92 Å². The first-order chi connectivity index (χ1) is 9.10. The van der Waals surface area contributed by atoms with E-state index in [1.807, 2.05) is 13.0 Å². The standard InChI is InChI=1S/C14H24N4S/c1-5-15-13-8-10(2)16-14(17-13)9-18-6-7-19-12(4)11(18)3/h8,11-12H,5-7,9H2,1-4H3,(H,15,16,17). The molecule has 1 aromatic heterocycles. The van der Waals surface area contributed by atoms with E-state index in [0.29, 0.717) is 11.3 Å². The van der Waals surface area contributed by atoms with Gasteiger partial charge in [-0.05, 0) is 20.8 Å². The van der Waals surface area contributed by atoms with E-state index in [1.54, 1.807) is 0 Å². The van der Waals surface area contributed by atoms with Crippen molar-refractivity contribution in [3.8, 4) is 0 Å². The van der Waals surface area contributed by atoms with Crippen LogP contribution in [-0.2, 0) is 6.54 Å². The Hall–Kier alpha value is -0.810. The van der Waals surface area contributed by atoms with Crippen LogP contribution in [0.25, 0.3) is 0 Å². The normalized spacial score (nSPS) is 24.4. The topological polar surface area (TPSA) is 41.1 Å². The molecule has 0 amide bonds. The fourth-order valence-corrected chi connectivity index (χ4v) is 3.54. The van der Waals surface area contributed by atoms with E-state index in [4.69, 9.17) is 0 Å². The van der Waals surface area contributed by atoms with Gasteiger partial charge in [0.25, 0.3) is 0 Å². The Labute approximate surface area is 120 Å². The zero-order chi connectivity index (χ0) is 13.8. The third-order valence-corrected chi connectivity index (χ3v) is 4.96. The average molecular weight is 280 g/mol. The van der Waals surface area contributed by atoms with Gasteiger partial charge < -0.3 is 5.32 Å². The second-order valence-electron chi connectivity index (χ2n) is 5.13. The molecule has 1 fully saturated rings. The number of aromatic nitrogens is 2. The summed E-state index contributed by atoms with van der Waals surface area (Å²) in [5, 5.41) is 3.96. The van der Waals surface area contributed by atoms with Gasteiger partial charge in [0.1, 0.15) is 11.6 Å². The second-order valence-corrected chi connectivity index (χ2v) is 6.61. The highest BCUT2D eigenvalue weighted by Crippen LogP contribution is 2.25. The van der Waals surface area contributed by atoms with Crippen LogP contribution in [0.4, 0.5) is 5.82 Å². The summed E-state index contributed by atoms with van der Waals surface area (Å²) < 4.78 is 0. The zero-order valence-electron chi connectivity index (χ0n) is 12.3. The molecule has 0 aliphatic carbocycles. The molecule has 1 aliphatic heterocycles. The average Bonchev–Trinajstić information content (AvgIpc) is 2.35. The lowest BCUT2D eigenvalue weighted by Gasteiger charge is -2.37. The van der Waals surface area contributed by atoms with Crippen molar-refractivity contribution < 1.29 is 0 Å². The molecule has 0 radical (unpaired) electrons. The molecular formula is C14H24N4S. The summed E-state index contributed by atoms with van der Waals surface area (Å²) in [6, 6.07) is 2.59. The van der Waals surface area contributed by atoms with E-state index in [9.17, 15) is 0 Å². The maximum absolute atomic E-state index is 4.61. The summed E-state index contributed by atoms with van der Waals surface area (Å²) in [4.78, 5) is 11.7. The van der Waals surface area contributed by atoms with E-state index in [0.717, 1.165) is 37.0 Å². The van der Waals surface area contributed by atoms with Gasteiger partial charge in [-0.2, -0.15) is 11.8 Å². The number of nitrogens with zero attached hydrogens (tertiary/aromatic N) is 3. The van der Waals surface area contributed by atoms with Crippen LogP contribution in [0.1, 0.15) is 32.3 Å². The smallest absolute Gasteiger partial charge is 0.144 e. The third-order valence-electron chi connectivity index (χ3n) is 3.62. The fourth-order valence-electron chi connectivity index (χ4n) is 2.37. The SMILES string of the molecule is CCNc1cc(C)nc(CN2CCSC(C)C2C)n1. The second kappa shape index (κ2) is 6.57. The van der Waals surface area contributed by atoms with Gasteiger partial charge in [0, 0.05) is 41.9 Å². The number of hydrogen-bond donors (Lipinski definition) is 1. The van der Waals surface area contributed by atoms with Crippen LogP contribution in [0.2, 0.25) is 0 Å². The van der Waals surface area contributed by atoms with Crippen LogP contribution in [0.3, 0.4) is 0 Å². The van der Waals surface area contributed by atoms with Crippen molar-refractivity contribution in [1.29, 1.82) is 0 Å². The summed E-state index contributed by atoms with van der Waals surface area (Å²) in [5.74, 6) is 3.08. The highest BCUT2D eigenvalue weighted by molar-refractivity contribution is 8.00. The molecule has 2 rings (SSSR count). The minimum Gasteiger partial charge on any atom is -0.370 e. The van der Waals surface area contributed by atoms with Crippen LogP contribution >= 0.6 is 11.8 Å². The Bertz CT molecular complexity index is 424. The molecule has 106 valence electrons. The molecular weight excluding hydrogens is 256 g/mol. The number of hydrogen-bond acceptors (Lipinski definition) is 5. The third kappa shape index (κ3) is 3.83. The van der Waals surface area contributed by atoms with Crippen LogP contribution in [0.15, 0.2) is 6.07 Å². The van der Waals surface area contributed by atoms with Crippen LogP contribution in [0.5, 0.6) is 0 Å². The summed E-state index contributed by atoms with van der Waals surface area (Å²) in [6.07, 6.45) is 0. The van der Waals surface area contributed by atoms with Gasteiger partial charge in [0.2, 0.25) is 0 Å². The van der Waals surface area contributed by atoms with E-state index < -0.39 is 0 Å². The molecule has 1 aliphatic rings. The number of anilines is 1. The first-order valence-corrected chi connectivity index (χ1v) is 8.09. The number of nitrogens with one attached hydrogen (secondary N) is 1. The zero-order valence-corrected chi connectivity index (χ0v) is 13.1. The van der Waals surface area contributed by atoms with Crippen molar-refractivity contribution >= 4 is 17.6 Å². The van der Waals surface area contributed by atoms with Gasteiger partial charge in [-0.3, -0.25) is 4.90 Å². The number of thioether (sulfide) groups is 1. The van der Waals surface area contributed by atoms with Gasteiger partial charge in [-0.1, -0.05) is 6.92 Å². The van der Waals surface area contributed by atoms with E-state index in [-0.39, 0.29) is 0 Å². The van der Waals surface area contributed by atoms with E-state index >= 15 is 0 Å². The van der Waals surface area contributed by atoms with Crippen molar-refractivity contribution in [2.24, 2.45) is 0 Å². The molecule has 1 aromatic rings. The predicted molar refractivity (Wildman–Crippen MR) is 82.7 cm³/mol. The number of aryl methyl sites for hydroxylation is 1. The molecule has 2 atom stereocenters. The fraction of sp³-hybridized carbons (Fsp3) is 0.714. The van der Waals surface area contributed by atoms with Gasteiger partial charge in [0.15, 0.2) is 0 Å². The quantitative estimate of drug-likeness (QED) is 0.918. The van der Waals surface area contributed by atoms with Crippen molar-refractivity contribution in [3.63, 3.8) is 0 Å². The molecule has 1 saturated heterocycles. The van der Waals surface area contributed by atoms with Gasteiger partial charge >= 0.3 is 0 Å². The summed E-state index contributed by atoms with van der Waals surface area (Å²) in [6.45, 7) is 11.6. The Morgan fingerprint density at radius 2 is 2.21 bits per heavy atom. The Morgan fingerprint density at radius 1 is 1.42 bits per heavy atom. The molecule has 0 saturated carbocycles. The lowest BCUT2D eigenvalue weighted by atomic mass is 10.2. The van der Waals surface area contributed by atoms with Gasteiger partial charge in [-0.25, -0.2) is 9.97 Å². The lowest BCUT2D eigenvalue weighted by molar-refractivity contribution is 0.199. The van der Waals surface area contributed by atoms with Crippen LogP contribution in [-0.4, -0.2) is 45.0 Å². The largest absolute Gasteiger partial charge is 0.370 e. The summed E-state index contributed by atoms with van der Waals surface area (Å²) in [7, 11) is 0. The van der Waals surface area contributed by atoms with Gasteiger partial charge in [0.05, 0.1) is 6.54 Å². The van der Waals surface area contributed by atoms with Crippen molar-refractivity contribution in [3.05, 3.63) is 17.6 Å². The Morgan fingerprint density at radius 3 is 2.95 bits per heavy atom. The Kier molecular flexibility index (Phi) is 5.05. The molecule has 0 bridgehead atoms. The van der Waals surface area contributed by atoms with Crippen molar-refractivity contribution in [2.75, 3.05) is 24.2 Å². The maximum Gasteiger partial charge on any atom is 0.144 e. The van der Waals surface area contributed by atoms with E-state index in [1.165, 1.54) is 5.75 Å². The Balaban J connectivity index is 2.09. The first-order valence-electron chi connectivity index (χ1n) is 7.04. The highest BCUT2D eigenvalue weighted by atomic mass is 32.2.